The van der Waals surface area contributed by atoms with E-state index in [1.807, 2.05) is 36.4 Å². The van der Waals surface area contributed by atoms with Crippen LogP contribution in [0.4, 0.5) is 5.69 Å². The van der Waals surface area contributed by atoms with Gasteiger partial charge in [0.25, 0.3) is 0 Å². The third-order valence-corrected chi connectivity index (χ3v) is 4.71. The third kappa shape index (κ3) is 5.64. The van der Waals surface area contributed by atoms with E-state index < -0.39 is 0 Å². The van der Waals surface area contributed by atoms with Crippen LogP contribution >= 0.6 is 0 Å². The molecule has 0 bridgehead atoms. The fraction of sp³-hybridized carbons (Fsp3) is 0.478. The van der Waals surface area contributed by atoms with E-state index in [1.54, 1.807) is 0 Å². The fourth-order valence-electron chi connectivity index (χ4n) is 3.26. The van der Waals surface area contributed by atoms with Crippen molar-refractivity contribution < 1.29 is 14.2 Å². The highest BCUT2D eigenvalue weighted by Gasteiger charge is 2.18. The second-order valence-corrected chi connectivity index (χ2v) is 7.96. The molecule has 1 aliphatic heterocycles. The number of hydrogen-bond donors (Lipinski definition) is 1. The zero-order valence-electron chi connectivity index (χ0n) is 16.7. The Hall–Kier alpha value is -2.20. The standard InChI is InChI=1S/C23H31NO3/c1-23(2,3)19-10-4-6-12-21(19)26-16-14-24-20-11-5-7-13-22(20)27-17-18-9-8-15-25-18/h4-7,10-13,18,24H,8-9,14-17H2,1-3H3. The van der Waals surface area contributed by atoms with E-state index in [2.05, 4.69) is 38.2 Å². The molecule has 0 aromatic heterocycles. The maximum absolute atomic E-state index is 6.04. The SMILES string of the molecule is CC(C)(C)c1ccccc1OCCNc1ccccc1OCC1CCCO1. The smallest absolute Gasteiger partial charge is 0.142 e. The maximum Gasteiger partial charge on any atom is 0.142 e. The number of ether oxygens (including phenoxy) is 3. The quantitative estimate of drug-likeness (QED) is 0.662. The first-order valence-electron chi connectivity index (χ1n) is 9.83. The molecule has 1 unspecified atom stereocenters. The van der Waals surface area contributed by atoms with Gasteiger partial charge in [-0.1, -0.05) is 51.1 Å². The van der Waals surface area contributed by atoms with Gasteiger partial charge in [-0.05, 0) is 42.0 Å². The molecule has 0 amide bonds. The molecule has 0 aliphatic carbocycles. The average molecular weight is 370 g/mol. The molecule has 1 aliphatic rings. The minimum atomic E-state index is 0.0623. The van der Waals surface area contributed by atoms with Crippen LogP contribution in [0.5, 0.6) is 11.5 Å². The third-order valence-electron chi connectivity index (χ3n) is 4.71. The summed E-state index contributed by atoms with van der Waals surface area (Å²) in [5.74, 6) is 1.82. The molecule has 3 rings (SSSR count). The molecule has 1 saturated heterocycles. The summed E-state index contributed by atoms with van der Waals surface area (Å²) in [6.45, 7) is 9.36. The maximum atomic E-state index is 6.04. The first-order chi connectivity index (χ1) is 13.0. The lowest BCUT2D eigenvalue weighted by molar-refractivity contribution is 0.0682. The molecule has 2 aromatic carbocycles. The molecule has 1 N–H and O–H groups in total. The predicted octanol–water partition coefficient (Wildman–Crippen LogP) is 5.03. The lowest BCUT2D eigenvalue weighted by Crippen LogP contribution is -2.18. The molecule has 27 heavy (non-hydrogen) atoms. The molecule has 4 nitrogen and oxygen atoms in total. The van der Waals surface area contributed by atoms with Crippen molar-refractivity contribution in [1.29, 1.82) is 0 Å². The second-order valence-electron chi connectivity index (χ2n) is 7.96. The van der Waals surface area contributed by atoms with Crippen molar-refractivity contribution in [3.8, 4) is 11.5 Å². The highest BCUT2D eigenvalue weighted by atomic mass is 16.5. The molecule has 0 spiro atoms. The van der Waals surface area contributed by atoms with Gasteiger partial charge in [-0.2, -0.15) is 0 Å². The summed E-state index contributed by atoms with van der Waals surface area (Å²) < 4.78 is 17.7. The zero-order valence-corrected chi connectivity index (χ0v) is 16.7. The number of para-hydroxylation sites is 3. The average Bonchev–Trinajstić information content (AvgIpc) is 3.17. The van der Waals surface area contributed by atoms with E-state index in [4.69, 9.17) is 14.2 Å². The Morgan fingerprint density at radius 1 is 1.00 bits per heavy atom. The first kappa shape index (κ1) is 19.6. The van der Waals surface area contributed by atoms with E-state index in [0.717, 1.165) is 36.6 Å². The van der Waals surface area contributed by atoms with Gasteiger partial charge in [-0.15, -0.1) is 0 Å². The van der Waals surface area contributed by atoms with Gasteiger partial charge in [-0.25, -0.2) is 0 Å². The highest BCUT2D eigenvalue weighted by Crippen LogP contribution is 2.31. The van der Waals surface area contributed by atoms with Gasteiger partial charge >= 0.3 is 0 Å². The summed E-state index contributed by atoms with van der Waals surface area (Å²) in [7, 11) is 0. The molecular formula is C23H31NO3. The van der Waals surface area contributed by atoms with Gasteiger partial charge < -0.3 is 19.5 Å². The molecule has 0 saturated carbocycles. The van der Waals surface area contributed by atoms with Crippen LogP contribution in [-0.2, 0) is 10.2 Å². The van der Waals surface area contributed by atoms with Crippen molar-refractivity contribution in [2.24, 2.45) is 0 Å². The van der Waals surface area contributed by atoms with Crippen molar-refractivity contribution in [1.82, 2.24) is 0 Å². The van der Waals surface area contributed by atoms with Crippen molar-refractivity contribution in [3.05, 3.63) is 54.1 Å². The van der Waals surface area contributed by atoms with Gasteiger partial charge in [0.15, 0.2) is 0 Å². The summed E-state index contributed by atoms with van der Waals surface area (Å²) in [5, 5.41) is 3.43. The lowest BCUT2D eigenvalue weighted by Gasteiger charge is -2.23. The van der Waals surface area contributed by atoms with Gasteiger partial charge in [0.1, 0.15) is 24.7 Å². The molecule has 2 aromatic rings. The highest BCUT2D eigenvalue weighted by molar-refractivity contribution is 5.56. The Balaban J connectivity index is 1.51. The molecule has 1 atom stereocenters. The number of anilines is 1. The summed E-state index contributed by atoms with van der Waals surface area (Å²) in [5.41, 5.74) is 2.28. The van der Waals surface area contributed by atoms with Crippen molar-refractivity contribution in [3.63, 3.8) is 0 Å². The number of hydrogen-bond acceptors (Lipinski definition) is 4. The van der Waals surface area contributed by atoms with Crippen LogP contribution < -0.4 is 14.8 Å². The number of nitrogens with one attached hydrogen (secondary N) is 1. The summed E-state index contributed by atoms with van der Waals surface area (Å²) in [6, 6.07) is 16.3. The van der Waals surface area contributed by atoms with Crippen molar-refractivity contribution >= 4 is 5.69 Å². The Kier molecular flexibility index (Phi) is 6.62. The summed E-state index contributed by atoms with van der Waals surface area (Å²) in [4.78, 5) is 0. The van der Waals surface area contributed by atoms with Crippen LogP contribution in [-0.4, -0.2) is 32.5 Å². The van der Waals surface area contributed by atoms with Crippen LogP contribution in [0.2, 0.25) is 0 Å². The van der Waals surface area contributed by atoms with E-state index in [0.29, 0.717) is 19.8 Å². The monoisotopic (exact) mass is 369 g/mol. The predicted molar refractivity (Wildman–Crippen MR) is 110 cm³/mol. The molecule has 146 valence electrons. The van der Waals surface area contributed by atoms with Crippen molar-refractivity contribution in [2.75, 3.05) is 31.7 Å². The Morgan fingerprint density at radius 2 is 1.74 bits per heavy atom. The summed E-state index contributed by atoms with van der Waals surface area (Å²) in [6.07, 6.45) is 2.42. The van der Waals surface area contributed by atoms with Crippen LogP contribution in [0, 0.1) is 0 Å². The molecule has 1 fully saturated rings. The van der Waals surface area contributed by atoms with E-state index in [1.165, 1.54) is 5.56 Å². The molecule has 4 heteroatoms. The van der Waals surface area contributed by atoms with Crippen molar-refractivity contribution in [2.45, 2.75) is 45.1 Å². The van der Waals surface area contributed by atoms with Crippen LogP contribution in [0.3, 0.4) is 0 Å². The van der Waals surface area contributed by atoms with E-state index in [-0.39, 0.29) is 11.5 Å². The second kappa shape index (κ2) is 9.14. The van der Waals surface area contributed by atoms with Gasteiger partial charge in [0.05, 0.1) is 11.8 Å². The van der Waals surface area contributed by atoms with Gasteiger partial charge in [0, 0.05) is 13.2 Å². The first-order valence-corrected chi connectivity index (χ1v) is 9.83. The number of rotatable bonds is 8. The topological polar surface area (TPSA) is 39.7 Å². The van der Waals surface area contributed by atoms with E-state index >= 15 is 0 Å². The normalized spacial score (nSPS) is 16.9. The van der Waals surface area contributed by atoms with E-state index in [9.17, 15) is 0 Å². The molecule has 1 heterocycles. The summed E-state index contributed by atoms with van der Waals surface area (Å²) >= 11 is 0. The lowest BCUT2D eigenvalue weighted by atomic mass is 9.86. The zero-order chi connectivity index (χ0) is 19.1. The fourth-order valence-corrected chi connectivity index (χ4v) is 3.26. The number of benzene rings is 2. The van der Waals surface area contributed by atoms with Gasteiger partial charge in [-0.3, -0.25) is 0 Å². The van der Waals surface area contributed by atoms with Crippen LogP contribution in [0.1, 0.15) is 39.2 Å². The Bertz CT molecular complexity index is 718. The Morgan fingerprint density at radius 3 is 2.48 bits per heavy atom. The molecule has 0 radical (unpaired) electrons. The minimum Gasteiger partial charge on any atom is -0.491 e. The minimum absolute atomic E-state index is 0.0623. The van der Waals surface area contributed by atoms with Gasteiger partial charge in [0.2, 0.25) is 0 Å². The largest absolute Gasteiger partial charge is 0.491 e. The Labute approximate surface area is 162 Å². The molecular weight excluding hydrogens is 338 g/mol. The van der Waals surface area contributed by atoms with Crippen LogP contribution in [0.15, 0.2) is 48.5 Å². The van der Waals surface area contributed by atoms with Crippen LogP contribution in [0.25, 0.3) is 0 Å².